The maximum Gasteiger partial charge on any atom is 0.407 e. The van der Waals surface area contributed by atoms with Crippen LogP contribution in [0.1, 0.15) is 79.1 Å². The molecule has 0 saturated carbocycles. The van der Waals surface area contributed by atoms with Crippen molar-refractivity contribution in [2.24, 2.45) is 0 Å². The van der Waals surface area contributed by atoms with Gasteiger partial charge in [0.15, 0.2) is 5.78 Å². The molecule has 0 aliphatic heterocycles. The molecule has 1 rings (SSSR count). The highest BCUT2D eigenvalue weighted by Crippen LogP contribution is 2.43. The quantitative estimate of drug-likeness (QED) is 0.230. The van der Waals surface area contributed by atoms with Gasteiger partial charge in [-0.1, -0.05) is 53.1 Å². The zero-order valence-corrected chi connectivity index (χ0v) is 22.5. The zero-order chi connectivity index (χ0) is 24.9. The lowest BCUT2D eigenvalue weighted by molar-refractivity contribution is 0.0486. The lowest BCUT2D eigenvalue weighted by Crippen LogP contribution is -2.52. The normalized spacial score (nSPS) is 13.6. The number of hydrogen-bond donors (Lipinski definition) is 1. The Balaban J connectivity index is 3.20. The molecule has 1 amide bonds. The average Bonchev–Trinajstić information content (AvgIpc) is 2.63. The van der Waals surface area contributed by atoms with Crippen molar-refractivity contribution in [3.8, 4) is 0 Å². The molecule has 0 unspecified atom stereocenters. The van der Waals surface area contributed by atoms with Gasteiger partial charge in [0, 0.05) is 13.0 Å². The highest BCUT2D eigenvalue weighted by molar-refractivity contribution is 6.77. The molecule has 0 spiro atoms. The van der Waals surface area contributed by atoms with E-state index in [1.165, 1.54) is 0 Å². The lowest BCUT2D eigenvalue weighted by Gasteiger charge is -2.44. The Kier molecular flexibility index (Phi) is 10.3. The third-order valence-electron chi connectivity index (χ3n) is 5.47. The highest BCUT2D eigenvalue weighted by Gasteiger charge is 2.47. The first-order chi connectivity index (χ1) is 14.6. The Hall–Kier alpha value is -1.51. The van der Waals surface area contributed by atoms with Crippen LogP contribution in [0.25, 0.3) is 0 Å². The van der Waals surface area contributed by atoms with E-state index in [1.54, 1.807) is 20.8 Å². The molecule has 0 aliphatic rings. The summed E-state index contributed by atoms with van der Waals surface area (Å²) in [5.74, 6) is -1.03. The van der Waals surface area contributed by atoms with Gasteiger partial charge in [-0.25, -0.2) is 14.2 Å². The summed E-state index contributed by atoms with van der Waals surface area (Å²) < 4.78 is 25.8. The topological polar surface area (TPSA) is 77.5 Å². The van der Waals surface area contributed by atoms with Crippen LogP contribution >= 0.6 is 11.6 Å². The number of carbonyl (C=O) groups is 2. The Bertz CT molecular complexity index is 775. The number of carbonyl (C=O) groups excluding carboxylic acids is 2. The molecule has 182 valence electrons. The van der Waals surface area contributed by atoms with Crippen molar-refractivity contribution in [2.75, 3.05) is 6.54 Å². The number of nitrogens with zero attached hydrogens (tertiary/aromatic N) is 1. The molecule has 1 aromatic heterocycles. The van der Waals surface area contributed by atoms with Gasteiger partial charge in [0.25, 0.3) is 0 Å². The minimum absolute atomic E-state index is 0.00319. The molecule has 1 aromatic rings. The van der Waals surface area contributed by atoms with Gasteiger partial charge in [0.1, 0.15) is 16.6 Å². The van der Waals surface area contributed by atoms with Gasteiger partial charge in [-0.15, -0.1) is 0 Å². The summed E-state index contributed by atoms with van der Waals surface area (Å²) in [5, 5.41) is 2.66. The molecule has 1 N–H and O–H groups in total. The van der Waals surface area contributed by atoms with Crippen molar-refractivity contribution < 1.29 is 23.1 Å². The molecule has 0 bridgehead atoms. The Labute approximate surface area is 197 Å². The first-order valence-corrected chi connectivity index (χ1v) is 13.6. The third kappa shape index (κ3) is 7.81. The minimum atomic E-state index is -2.37. The van der Waals surface area contributed by atoms with E-state index in [-0.39, 0.29) is 40.3 Å². The average molecular weight is 489 g/mol. The number of nitrogens with one attached hydrogen (secondary N) is 1. The lowest BCUT2D eigenvalue weighted by atomic mass is 10.1. The first kappa shape index (κ1) is 28.5. The number of alkyl carbamates (subject to hydrolysis) is 1. The van der Waals surface area contributed by atoms with Crippen LogP contribution in [0.4, 0.5) is 9.18 Å². The van der Waals surface area contributed by atoms with Crippen LogP contribution in [0.5, 0.6) is 0 Å². The second-order valence-electron chi connectivity index (χ2n) is 10.1. The van der Waals surface area contributed by atoms with E-state index in [1.807, 2.05) is 0 Å². The summed E-state index contributed by atoms with van der Waals surface area (Å²) in [5.41, 5.74) is 0.190. The van der Waals surface area contributed by atoms with Crippen LogP contribution in [-0.4, -0.2) is 43.4 Å². The van der Waals surface area contributed by atoms with Gasteiger partial charge in [-0.3, -0.25) is 4.79 Å². The number of amides is 1. The van der Waals surface area contributed by atoms with E-state index in [2.05, 4.69) is 51.8 Å². The SMILES string of the molecule is CC(C)[Si](O[C@@H](CNC(=O)OC(C)(C)C)CC(=O)c1cc(F)cnc1Cl)(C(C)C)C(C)C. The maximum absolute atomic E-state index is 13.7. The number of hydrogen-bond acceptors (Lipinski definition) is 5. The first-order valence-electron chi connectivity index (χ1n) is 11.1. The van der Waals surface area contributed by atoms with Gasteiger partial charge in [0.2, 0.25) is 8.32 Å². The zero-order valence-electron chi connectivity index (χ0n) is 20.7. The molecule has 0 aromatic carbocycles. The molecule has 32 heavy (non-hydrogen) atoms. The molecular weight excluding hydrogens is 451 g/mol. The number of rotatable bonds is 10. The molecule has 0 fully saturated rings. The van der Waals surface area contributed by atoms with Crippen LogP contribution in [0.3, 0.4) is 0 Å². The third-order valence-corrected chi connectivity index (χ3v) is 11.9. The maximum atomic E-state index is 13.7. The van der Waals surface area contributed by atoms with E-state index in [0.717, 1.165) is 12.3 Å². The second-order valence-corrected chi connectivity index (χ2v) is 15.8. The van der Waals surface area contributed by atoms with Crippen LogP contribution in [0, 0.1) is 5.82 Å². The number of Topliss-reactive ketones (excluding diaryl/α,β-unsaturated/α-hetero) is 1. The van der Waals surface area contributed by atoms with Crippen molar-refractivity contribution in [1.82, 2.24) is 10.3 Å². The van der Waals surface area contributed by atoms with Crippen LogP contribution in [0.2, 0.25) is 21.8 Å². The summed E-state index contributed by atoms with van der Waals surface area (Å²) in [6.07, 6.45) is -0.310. The van der Waals surface area contributed by atoms with E-state index >= 15 is 0 Å². The monoisotopic (exact) mass is 488 g/mol. The summed E-state index contributed by atoms with van der Waals surface area (Å²) >= 11 is 6.04. The van der Waals surface area contributed by atoms with E-state index in [4.69, 9.17) is 20.8 Å². The predicted octanol–water partition coefficient (Wildman–Crippen LogP) is 6.53. The number of ether oxygens (including phenoxy) is 1. The number of pyridine rings is 1. The Morgan fingerprint density at radius 2 is 1.66 bits per heavy atom. The fourth-order valence-corrected chi connectivity index (χ4v) is 10.1. The molecule has 0 radical (unpaired) electrons. The molecule has 1 heterocycles. The van der Waals surface area contributed by atoms with E-state index in [9.17, 15) is 14.0 Å². The molecular formula is C23H38ClFN2O4Si. The molecule has 1 atom stereocenters. The smallest absolute Gasteiger partial charge is 0.407 e. The van der Waals surface area contributed by atoms with Crippen LogP contribution < -0.4 is 5.32 Å². The van der Waals surface area contributed by atoms with Gasteiger partial charge >= 0.3 is 6.09 Å². The van der Waals surface area contributed by atoms with Crippen LogP contribution in [0.15, 0.2) is 12.3 Å². The van der Waals surface area contributed by atoms with Crippen molar-refractivity contribution in [2.45, 2.75) is 97.1 Å². The summed E-state index contributed by atoms with van der Waals surface area (Å²) in [7, 11) is -2.37. The van der Waals surface area contributed by atoms with E-state index in [0.29, 0.717) is 0 Å². The molecule has 0 saturated heterocycles. The van der Waals surface area contributed by atoms with Gasteiger partial charge in [0.05, 0.1) is 17.9 Å². The van der Waals surface area contributed by atoms with Crippen LogP contribution in [-0.2, 0) is 9.16 Å². The molecule has 9 heteroatoms. The summed E-state index contributed by atoms with van der Waals surface area (Å²) in [6.45, 7) is 18.2. The summed E-state index contributed by atoms with van der Waals surface area (Å²) in [4.78, 5) is 29.0. The fourth-order valence-electron chi connectivity index (χ4n) is 4.30. The van der Waals surface area contributed by atoms with Crippen molar-refractivity contribution in [3.05, 3.63) is 28.8 Å². The van der Waals surface area contributed by atoms with Gasteiger partial charge in [-0.05, 0) is 43.5 Å². The van der Waals surface area contributed by atoms with Crippen molar-refractivity contribution in [3.63, 3.8) is 0 Å². The van der Waals surface area contributed by atoms with E-state index < -0.39 is 37.7 Å². The molecule has 6 nitrogen and oxygen atoms in total. The fraction of sp³-hybridized carbons (Fsp3) is 0.696. The van der Waals surface area contributed by atoms with Gasteiger partial charge < -0.3 is 14.5 Å². The van der Waals surface area contributed by atoms with Gasteiger partial charge in [-0.2, -0.15) is 0 Å². The predicted molar refractivity (Wildman–Crippen MR) is 128 cm³/mol. The standard InChI is InChI=1S/C23H38ClFN2O4Si/c1-14(2)32(15(3)4,16(5)6)31-18(13-27-22(29)30-23(7,8)9)11-20(28)19-10-17(25)12-26-21(19)24/h10,12,14-16,18H,11,13H2,1-9H3,(H,27,29)/t18-/m1/s1. The largest absolute Gasteiger partial charge is 0.444 e. The van der Waals surface area contributed by atoms with Crippen molar-refractivity contribution in [1.29, 1.82) is 0 Å². The minimum Gasteiger partial charge on any atom is -0.444 e. The second kappa shape index (κ2) is 11.6. The van der Waals surface area contributed by atoms with Crippen molar-refractivity contribution >= 4 is 31.8 Å². The summed E-state index contributed by atoms with van der Waals surface area (Å²) in [6, 6.07) is 1.08. The Morgan fingerprint density at radius 3 is 2.12 bits per heavy atom. The molecule has 0 aliphatic carbocycles. The number of ketones is 1. The number of halogens is 2. The number of aromatic nitrogens is 1. The highest BCUT2D eigenvalue weighted by atomic mass is 35.5. The Morgan fingerprint density at radius 1 is 1.12 bits per heavy atom.